The van der Waals surface area contributed by atoms with Gasteiger partial charge in [0.05, 0.1) is 6.61 Å². The second-order valence-electron chi connectivity index (χ2n) is 3.57. The zero-order valence-electron chi connectivity index (χ0n) is 7.79. The quantitative estimate of drug-likeness (QED) is 0.553. The van der Waals surface area contributed by atoms with Crippen LogP contribution in [0.5, 0.6) is 0 Å². The summed E-state index contributed by atoms with van der Waals surface area (Å²) in [6.07, 6.45) is 0. The molecule has 0 aromatic carbocycles. The number of nitrogens with one attached hydrogen (secondary N) is 1. The first kappa shape index (κ1) is 11.4. The average molecular weight is 175 g/mol. The predicted octanol–water partition coefficient (Wildman–Crippen LogP) is 0.0676. The van der Waals surface area contributed by atoms with Crippen molar-refractivity contribution < 1.29 is 15.0 Å². The Bertz CT molecular complexity index is 158. The van der Waals surface area contributed by atoms with Crippen LogP contribution < -0.4 is 5.32 Å². The van der Waals surface area contributed by atoms with Gasteiger partial charge in [0, 0.05) is 0 Å². The smallest absolute Gasteiger partial charge is 0.326 e. The van der Waals surface area contributed by atoms with Crippen LogP contribution in [0.25, 0.3) is 0 Å². The third-order valence-corrected chi connectivity index (χ3v) is 1.69. The molecule has 1 unspecified atom stereocenters. The number of aliphatic hydroxyl groups is 1. The van der Waals surface area contributed by atoms with Gasteiger partial charge >= 0.3 is 5.97 Å². The van der Waals surface area contributed by atoms with E-state index in [-0.39, 0.29) is 0 Å². The number of rotatable bonds is 5. The molecule has 0 fully saturated rings. The van der Waals surface area contributed by atoms with Crippen LogP contribution in [0, 0.1) is 5.92 Å². The summed E-state index contributed by atoms with van der Waals surface area (Å²) >= 11 is 0. The molecule has 72 valence electrons. The molecular weight excluding hydrogens is 158 g/mol. The monoisotopic (exact) mass is 175 g/mol. The molecule has 0 radical (unpaired) electrons. The van der Waals surface area contributed by atoms with Gasteiger partial charge in [-0.1, -0.05) is 13.8 Å². The van der Waals surface area contributed by atoms with Crippen LogP contribution >= 0.6 is 0 Å². The minimum atomic E-state index is -1.20. The van der Waals surface area contributed by atoms with Gasteiger partial charge in [0.2, 0.25) is 0 Å². The lowest BCUT2D eigenvalue weighted by Gasteiger charge is -2.24. The molecule has 0 aliphatic heterocycles. The van der Waals surface area contributed by atoms with Gasteiger partial charge < -0.3 is 10.2 Å². The lowest BCUT2D eigenvalue weighted by atomic mass is 10.0. The van der Waals surface area contributed by atoms with Crippen LogP contribution in [0.3, 0.4) is 0 Å². The molecule has 0 saturated heterocycles. The summed E-state index contributed by atoms with van der Waals surface area (Å²) in [5, 5.41) is 20.3. The average Bonchev–Trinajstić information content (AvgIpc) is 1.99. The molecule has 0 saturated carbocycles. The van der Waals surface area contributed by atoms with Crippen LogP contribution in [0.4, 0.5) is 0 Å². The highest BCUT2D eigenvalue weighted by molar-refractivity contribution is 5.78. The first-order chi connectivity index (χ1) is 5.42. The molecule has 3 N–H and O–H groups in total. The molecule has 4 heteroatoms. The molecule has 0 heterocycles. The van der Waals surface area contributed by atoms with E-state index in [1.807, 2.05) is 13.8 Å². The molecule has 0 bridgehead atoms. The SMILES string of the molecule is CC(C)CNC(C)(CO)C(=O)O. The van der Waals surface area contributed by atoms with Crippen molar-refractivity contribution in [1.29, 1.82) is 0 Å². The van der Waals surface area contributed by atoms with E-state index in [0.717, 1.165) is 0 Å². The van der Waals surface area contributed by atoms with Crippen LogP contribution in [-0.4, -0.2) is 34.9 Å². The van der Waals surface area contributed by atoms with E-state index in [9.17, 15) is 4.79 Å². The van der Waals surface area contributed by atoms with E-state index in [4.69, 9.17) is 10.2 Å². The molecule has 0 aromatic heterocycles. The zero-order valence-corrected chi connectivity index (χ0v) is 7.79. The standard InChI is InChI=1S/C8H17NO3/c1-6(2)4-9-8(3,5-10)7(11)12/h6,9-10H,4-5H2,1-3H3,(H,11,12). The third kappa shape index (κ3) is 3.19. The van der Waals surface area contributed by atoms with Crippen molar-refractivity contribution in [3.05, 3.63) is 0 Å². The summed E-state index contributed by atoms with van der Waals surface area (Å²) in [5.41, 5.74) is -1.20. The molecule has 0 aromatic rings. The number of aliphatic carboxylic acids is 1. The fourth-order valence-electron chi connectivity index (χ4n) is 0.629. The van der Waals surface area contributed by atoms with E-state index < -0.39 is 18.1 Å². The van der Waals surface area contributed by atoms with Crippen molar-refractivity contribution in [2.45, 2.75) is 26.3 Å². The number of carboxylic acid groups (broad SMARTS) is 1. The maximum Gasteiger partial charge on any atom is 0.326 e. The Hall–Kier alpha value is -0.610. The number of hydrogen-bond donors (Lipinski definition) is 3. The second-order valence-corrected chi connectivity index (χ2v) is 3.57. The van der Waals surface area contributed by atoms with Gasteiger partial charge in [-0.05, 0) is 19.4 Å². The first-order valence-corrected chi connectivity index (χ1v) is 4.01. The van der Waals surface area contributed by atoms with Gasteiger partial charge in [-0.25, -0.2) is 0 Å². The fourth-order valence-corrected chi connectivity index (χ4v) is 0.629. The van der Waals surface area contributed by atoms with Crippen molar-refractivity contribution in [2.24, 2.45) is 5.92 Å². The summed E-state index contributed by atoms with van der Waals surface area (Å²) in [5.74, 6) is -0.652. The summed E-state index contributed by atoms with van der Waals surface area (Å²) < 4.78 is 0. The van der Waals surface area contributed by atoms with Gasteiger partial charge in [-0.15, -0.1) is 0 Å². The van der Waals surface area contributed by atoms with Crippen molar-refractivity contribution >= 4 is 5.97 Å². The van der Waals surface area contributed by atoms with Gasteiger partial charge in [-0.2, -0.15) is 0 Å². The minimum Gasteiger partial charge on any atom is -0.480 e. The van der Waals surface area contributed by atoms with Crippen LogP contribution in [-0.2, 0) is 4.79 Å². The number of hydrogen-bond acceptors (Lipinski definition) is 3. The normalized spacial score (nSPS) is 16.1. The lowest BCUT2D eigenvalue weighted by Crippen LogP contribution is -2.53. The minimum absolute atomic E-state index is 0.371. The Morgan fingerprint density at radius 1 is 1.58 bits per heavy atom. The topological polar surface area (TPSA) is 69.6 Å². The zero-order chi connectivity index (χ0) is 9.78. The fraction of sp³-hybridized carbons (Fsp3) is 0.875. The Morgan fingerprint density at radius 2 is 2.08 bits per heavy atom. The van der Waals surface area contributed by atoms with E-state index in [1.54, 1.807) is 0 Å². The highest BCUT2D eigenvalue weighted by Gasteiger charge is 2.31. The van der Waals surface area contributed by atoms with Crippen molar-refractivity contribution in [1.82, 2.24) is 5.32 Å². The van der Waals surface area contributed by atoms with Crippen LogP contribution in [0.15, 0.2) is 0 Å². The van der Waals surface area contributed by atoms with Crippen molar-refractivity contribution in [3.8, 4) is 0 Å². The number of aliphatic hydroxyl groups excluding tert-OH is 1. The Balaban J connectivity index is 4.06. The molecule has 0 amide bonds. The highest BCUT2D eigenvalue weighted by atomic mass is 16.4. The van der Waals surface area contributed by atoms with E-state index in [0.29, 0.717) is 12.5 Å². The molecule has 0 aliphatic rings. The number of carboxylic acids is 1. The van der Waals surface area contributed by atoms with Crippen molar-refractivity contribution in [2.75, 3.05) is 13.2 Å². The Morgan fingerprint density at radius 3 is 2.33 bits per heavy atom. The predicted molar refractivity (Wildman–Crippen MR) is 46.0 cm³/mol. The maximum atomic E-state index is 10.6. The van der Waals surface area contributed by atoms with E-state index in [2.05, 4.69) is 5.32 Å². The Kier molecular flexibility index (Phi) is 4.20. The lowest BCUT2D eigenvalue weighted by molar-refractivity contribution is -0.145. The summed E-state index contributed by atoms with van der Waals surface area (Å²) in [6.45, 7) is 5.62. The number of carbonyl (C=O) groups is 1. The van der Waals surface area contributed by atoms with Crippen LogP contribution in [0.1, 0.15) is 20.8 Å². The molecule has 0 rings (SSSR count). The molecular formula is C8H17NO3. The highest BCUT2D eigenvalue weighted by Crippen LogP contribution is 2.03. The van der Waals surface area contributed by atoms with Gasteiger partial charge in [-0.3, -0.25) is 10.1 Å². The summed E-state index contributed by atoms with van der Waals surface area (Å²) in [6, 6.07) is 0. The van der Waals surface area contributed by atoms with Gasteiger partial charge in [0.25, 0.3) is 0 Å². The van der Waals surface area contributed by atoms with E-state index >= 15 is 0 Å². The van der Waals surface area contributed by atoms with Crippen LogP contribution in [0.2, 0.25) is 0 Å². The second kappa shape index (κ2) is 4.42. The first-order valence-electron chi connectivity index (χ1n) is 4.01. The largest absolute Gasteiger partial charge is 0.480 e. The Labute approximate surface area is 72.6 Å². The summed E-state index contributed by atoms with van der Waals surface area (Å²) in [4.78, 5) is 10.6. The summed E-state index contributed by atoms with van der Waals surface area (Å²) in [7, 11) is 0. The molecule has 1 atom stereocenters. The molecule has 4 nitrogen and oxygen atoms in total. The van der Waals surface area contributed by atoms with Gasteiger partial charge in [0.15, 0.2) is 0 Å². The molecule has 0 aliphatic carbocycles. The van der Waals surface area contributed by atoms with E-state index in [1.165, 1.54) is 6.92 Å². The molecule has 0 spiro atoms. The van der Waals surface area contributed by atoms with Crippen molar-refractivity contribution in [3.63, 3.8) is 0 Å². The third-order valence-electron chi connectivity index (χ3n) is 1.69. The molecule has 12 heavy (non-hydrogen) atoms. The van der Waals surface area contributed by atoms with Gasteiger partial charge in [0.1, 0.15) is 5.54 Å². The maximum absolute atomic E-state index is 10.6.